The van der Waals surface area contributed by atoms with Crippen LogP contribution in [0.1, 0.15) is 32.8 Å². The minimum Gasteiger partial charge on any atom is -0.478 e. The summed E-state index contributed by atoms with van der Waals surface area (Å²) < 4.78 is 0. The van der Waals surface area contributed by atoms with Crippen LogP contribution in [0.2, 0.25) is 0 Å². The summed E-state index contributed by atoms with van der Waals surface area (Å²) >= 11 is 1.30. The van der Waals surface area contributed by atoms with Gasteiger partial charge in [0.1, 0.15) is 10.6 Å². The molecule has 5 heteroatoms. The van der Waals surface area contributed by atoms with Gasteiger partial charge in [0.2, 0.25) is 5.91 Å². The lowest BCUT2D eigenvalue weighted by Gasteiger charge is -2.07. The predicted octanol–water partition coefficient (Wildman–Crippen LogP) is 5.30. The van der Waals surface area contributed by atoms with Gasteiger partial charge in [0.15, 0.2) is 0 Å². The van der Waals surface area contributed by atoms with Crippen LogP contribution in [-0.2, 0) is 11.2 Å². The number of thiophene rings is 1. The van der Waals surface area contributed by atoms with E-state index in [1.807, 2.05) is 68.4 Å². The van der Waals surface area contributed by atoms with Crippen LogP contribution in [0.4, 0.5) is 5.00 Å². The minimum atomic E-state index is -1.04. The highest BCUT2D eigenvalue weighted by atomic mass is 32.1. The van der Waals surface area contributed by atoms with Crippen molar-refractivity contribution in [1.29, 1.82) is 0 Å². The summed E-state index contributed by atoms with van der Waals surface area (Å²) in [6.45, 7) is 3.90. The van der Waals surface area contributed by atoms with E-state index in [1.54, 1.807) is 0 Å². The largest absolute Gasteiger partial charge is 0.478 e. The summed E-state index contributed by atoms with van der Waals surface area (Å²) in [6, 6.07) is 17.4. The fraction of sp³-hybridized carbons (Fsp3) is 0.182. The number of hydrogen-bond donors (Lipinski definition) is 2. The van der Waals surface area contributed by atoms with Gasteiger partial charge in [-0.2, -0.15) is 0 Å². The molecule has 0 saturated carbocycles. The number of aryl methyl sites for hydroxylation is 3. The first-order valence-electron chi connectivity index (χ1n) is 8.73. The van der Waals surface area contributed by atoms with Gasteiger partial charge in [-0.25, -0.2) is 4.79 Å². The Morgan fingerprint density at radius 2 is 1.67 bits per heavy atom. The molecule has 1 amide bonds. The summed E-state index contributed by atoms with van der Waals surface area (Å²) in [6.07, 6.45) is 0.921. The van der Waals surface area contributed by atoms with E-state index >= 15 is 0 Å². The van der Waals surface area contributed by atoms with Crippen molar-refractivity contribution in [3.63, 3.8) is 0 Å². The van der Waals surface area contributed by atoms with Crippen LogP contribution in [0.25, 0.3) is 11.1 Å². The summed E-state index contributed by atoms with van der Waals surface area (Å²) in [5, 5.41) is 12.9. The highest BCUT2D eigenvalue weighted by molar-refractivity contribution is 7.17. The zero-order valence-corrected chi connectivity index (χ0v) is 16.1. The predicted molar refractivity (Wildman–Crippen MR) is 110 cm³/mol. The molecule has 0 saturated heterocycles. The molecule has 3 aromatic rings. The standard InChI is InChI=1S/C22H21NO3S/c1-14-8-10-16(11-9-14)12-13-18(24)23-21-20(22(25)26)19(15(2)27-21)17-6-4-3-5-7-17/h3-11H,12-13H2,1-2H3,(H,23,24)(H,25,26). The number of carboxylic acids is 1. The third-order valence-corrected chi connectivity index (χ3v) is 5.40. The van der Waals surface area contributed by atoms with Crippen molar-refractivity contribution < 1.29 is 14.7 Å². The fourth-order valence-electron chi connectivity index (χ4n) is 2.99. The molecule has 4 nitrogen and oxygen atoms in total. The molecule has 2 N–H and O–H groups in total. The molecule has 0 atom stereocenters. The fourth-order valence-corrected chi connectivity index (χ4v) is 4.08. The summed E-state index contributed by atoms with van der Waals surface area (Å²) in [5.74, 6) is -1.22. The lowest BCUT2D eigenvalue weighted by atomic mass is 10.0. The quantitative estimate of drug-likeness (QED) is 0.611. The Balaban J connectivity index is 1.79. The number of carboxylic acid groups (broad SMARTS) is 1. The van der Waals surface area contributed by atoms with Crippen molar-refractivity contribution in [1.82, 2.24) is 0 Å². The van der Waals surface area contributed by atoms with Crippen molar-refractivity contribution in [2.45, 2.75) is 26.7 Å². The first-order valence-corrected chi connectivity index (χ1v) is 9.55. The molecule has 1 heterocycles. The number of carbonyl (C=O) groups is 2. The molecule has 3 rings (SSSR count). The van der Waals surface area contributed by atoms with Crippen molar-refractivity contribution in [2.75, 3.05) is 5.32 Å². The van der Waals surface area contributed by atoms with Gasteiger partial charge < -0.3 is 10.4 Å². The van der Waals surface area contributed by atoms with Crippen LogP contribution in [0.3, 0.4) is 0 Å². The number of nitrogens with one attached hydrogen (secondary N) is 1. The van der Waals surface area contributed by atoms with E-state index in [0.717, 1.165) is 16.0 Å². The average molecular weight is 379 g/mol. The van der Waals surface area contributed by atoms with Gasteiger partial charge in [0.05, 0.1) is 0 Å². The second kappa shape index (κ2) is 8.18. The molecule has 0 aliphatic rings. The van der Waals surface area contributed by atoms with Crippen molar-refractivity contribution in [3.05, 3.63) is 76.2 Å². The van der Waals surface area contributed by atoms with Gasteiger partial charge in [0.25, 0.3) is 0 Å². The molecule has 0 aliphatic carbocycles. The Bertz CT molecular complexity index is 959. The van der Waals surface area contributed by atoms with Gasteiger partial charge in [-0.3, -0.25) is 4.79 Å². The molecule has 0 unspecified atom stereocenters. The van der Waals surface area contributed by atoms with E-state index in [-0.39, 0.29) is 11.5 Å². The minimum absolute atomic E-state index is 0.160. The number of carbonyl (C=O) groups excluding carboxylic acids is 1. The average Bonchev–Trinajstić information content (AvgIpc) is 2.98. The maximum Gasteiger partial charge on any atom is 0.339 e. The van der Waals surface area contributed by atoms with Gasteiger partial charge in [-0.1, -0.05) is 60.2 Å². The molecule has 27 heavy (non-hydrogen) atoms. The highest BCUT2D eigenvalue weighted by Gasteiger charge is 2.23. The van der Waals surface area contributed by atoms with E-state index in [9.17, 15) is 14.7 Å². The van der Waals surface area contributed by atoms with Crippen LogP contribution in [0.15, 0.2) is 54.6 Å². The smallest absolute Gasteiger partial charge is 0.339 e. The molecule has 0 radical (unpaired) electrons. The van der Waals surface area contributed by atoms with Crippen LogP contribution in [0, 0.1) is 13.8 Å². The zero-order chi connectivity index (χ0) is 19.4. The summed E-state index contributed by atoms with van der Waals surface area (Å²) in [7, 11) is 0. The van der Waals surface area contributed by atoms with Gasteiger partial charge in [0, 0.05) is 16.9 Å². The Morgan fingerprint density at radius 1 is 1.00 bits per heavy atom. The van der Waals surface area contributed by atoms with Crippen LogP contribution in [0.5, 0.6) is 0 Å². The van der Waals surface area contributed by atoms with Crippen molar-refractivity contribution in [3.8, 4) is 11.1 Å². The van der Waals surface area contributed by atoms with Gasteiger partial charge in [-0.15, -0.1) is 11.3 Å². The van der Waals surface area contributed by atoms with E-state index in [2.05, 4.69) is 5.32 Å². The topological polar surface area (TPSA) is 66.4 Å². The molecule has 0 fully saturated rings. The molecule has 1 aromatic heterocycles. The van der Waals surface area contributed by atoms with Gasteiger partial charge >= 0.3 is 5.97 Å². The lowest BCUT2D eigenvalue weighted by molar-refractivity contribution is -0.116. The third kappa shape index (κ3) is 4.44. The molecule has 138 valence electrons. The Kier molecular flexibility index (Phi) is 5.72. The maximum absolute atomic E-state index is 12.4. The third-order valence-electron chi connectivity index (χ3n) is 4.37. The number of aromatic carboxylic acids is 1. The Hall–Kier alpha value is -2.92. The normalized spacial score (nSPS) is 10.6. The monoisotopic (exact) mass is 379 g/mol. The van der Waals surface area contributed by atoms with E-state index in [4.69, 9.17) is 0 Å². The molecular weight excluding hydrogens is 358 g/mol. The first kappa shape index (κ1) is 18.9. The number of hydrogen-bond acceptors (Lipinski definition) is 3. The summed E-state index contributed by atoms with van der Waals surface area (Å²) in [4.78, 5) is 25.1. The maximum atomic E-state index is 12.4. The SMILES string of the molecule is Cc1ccc(CCC(=O)Nc2sc(C)c(-c3ccccc3)c2C(=O)O)cc1. The number of amides is 1. The van der Waals surface area contributed by atoms with Crippen molar-refractivity contribution in [2.24, 2.45) is 0 Å². The number of benzene rings is 2. The van der Waals surface area contributed by atoms with Crippen LogP contribution >= 0.6 is 11.3 Å². The Morgan fingerprint density at radius 3 is 2.30 bits per heavy atom. The first-order chi connectivity index (χ1) is 13.0. The number of rotatable bonds is 6. The van der Waals surface area contributed by atoms with Crippen LogP contribution in [-0.4, -0.2) is 17.0 Å². The number of anilines is 1. The second-order valence-electron chi connectivity index (χ2n) is 6.44. The zero-order valence-electron chi connectivity index (χ0n) is 15.3. The molecule has 0 bridgehead atoms. The molecular formula is C22H21NO3S. The Labute approximate surface area is 162 Å². The van der Waals surface area contributed by atoms with E-state index in [0.29, 0.717) is 23.4 Å². The van der Waals surface area contributed by atoms with E-state index < -0.39 is 5.97 Å². The van der Waals surface area contributed by atoms with Crippen molar-refractivity contribution >= 4 is 28.2 Å². The molecule has 2 aromatic carbocycles. The molecule has 0 spiro atoms. The van der Waals surface area contributed by atoms with Gasteiger partial charge in [-0.05, 0) is 31.4 Å². The lowest BCUT2D eigenvalue weighted by Crippen LogP contribution is -2.14. The van der Waals surface area contributed by atoms with Crippen LogP contribution < -0.4 is 5.32 Å². The second-order valence-corrected chi connectivity index (χ2v) is 7.67. The summed E-state index contributed by atoms with van der Waals surface area (Å²) in [5.41, 5.74) is 3.93. The van der Waals surface area contributed by atoms with E-state index in [1.165, 1.54) is 16.9 Å². The highest BCUT2D eigenvalue weighted by Crippen LogP contribution is 2.39. The molecule has 0 aliphatic heterocycles.